The number of benzene rings is 2. The molecule has 0 bridgehead atoms. The zero-order valence-corrected chi connectivity index (χ0v) is 22.2. The van der Waals surface area contributed by atoms with Crippen LogP contribution in [0.4, 0.5) is 0 Å². The van der Waals surface area contributed by atoms with Gasteiger partial charge in [-0.05, 0) is 47.5 Å². The van der Waals surface area contributed by atoms with E-state index in [0.717, 1.165) is 0 Å². The number of phenols is 2. The first kappa shape index (κ1) is 31.9. The number of ketones is 2. The third-order valence-electron chi connectivity index (χ3n) is 4.84. The number of nitrogens with zero attached hydrogens (tertiary/aromatic N) is 1. The normalized spacial score (nSPS) is 12.1. The van der Waals surface area contributed by atoms with Crippen LogP contribution in [0.3, 0.4) is 0 Å². The number of hydrogen-bond acceptors (Lipinski definition) is 9. The summed E-state index contributed by atoms with van der Waals surface area (Å²) in [5.41, 5.74) is 1.33. The summed E-state index contributed by atoms with van der Waals surface area (Å²) in [6.07, 6.45) is 4.35. The minimum absolute atomic E-state index is 0.00662. The molecule has 206 valence electrons. The van der Waals surface area contributed by atoms with E-state index in [1.165, 1.54) is 38.5 Å². The van der Waals surface area contributed by atoms with Crippen molar-refractivity contribution in [2.75, 3.05) is 41.9 Å². The number of allylic oxidation sites excluding steroid dienone is 2. The number of methoxy groups -OCH3 is 2. The second-order valence-electron chi connectivity index (χ2n) is 9.34. The maximum Gasteiger partial charge on any atom is 0.163 e. The fourth-order valence-electron chi connectivity index (χ4n) is 3.15. The Bertz CT molecular complexity index is 1090. The number of aromatic hydroxyl groups is 2. The van der Waals surface area contributed by atoms with E-state index in [9.17, 15) is 29.7 Å². The summed E-state index contributed by atoms with van der Waals surface area (Å²) in [4.78, 5) is 33.9. The summed E-state index contributed by atoms with van der Waals surface area (Å²) in [6, 6.07) is 9.34. The van der Waals surface area contributed by atoms with Gasteiger partial charge in [0.15, 0.2) is 34.6 Å². The fraction of sp³-hybridized carbons (Fsp3) is 0.321. The number of quaternary nitrogens is 1. The highest BCUT2D eigenvalue weighted by molar-refractivity contribution is 6.10. The van der Waals surface area contributed by atoms with Crippen LogP contribution >= 0.6 is 0 Å². The summed E-state index contributed by atoms with van der Waals surface area (Å²) in [6.45, 7) is 0.425. The molecule has 0 radical (unpaired) electrons. The van der Waals surface area contributed by atoms with Gasteiger partial charge in [0.25, 0.3) is 0 Å². The third kappa shape index (κ3) is 12.7. The van der Waals surface area contributed by atoms with Crippen LogP contribution in [0.1, 0.15) is 24.0 Å². The lowest BCUT2D eigenvalue weighted by atomic mass is 10.1. The Labute approximate surface area is 222 Å². The number of likely N-dealkylation sites (N-methyl/N-ethyl adjacent to an activating group) is 1. The summed E-state index contributed by atoms with van der Waals surface area (Å²) >= 11 is 0. The molecule has 2 aromatic rings. The van der Waals surface area contributed by atoms with Crippen LogP contribution in [0.25, 0.3) is 12.2 Å². The summed E-state index contributed by atoms with van der Waals surface area (Å²) in [5, 5.41) is 38.2. The molecule has 1 atom stereocenters. The molecule has 2 aromatic carbocycles. The largest absolute Gasteiger partial charge is 0.550 e. The third-order valence-corrected chi connectivity index (χ3v) is 4.84. The topological polar surface area (TPSA) is 153 Å². The monoisotopic (exact) mass is 529 g/mol. The molecular formula is C28H35NO9. The number of hydrogen-bond donors (Lipinski definition) is 3. The summed E-state index contributed by atoms with van der Waals surface area (Å²) in [7, 11) is 8.53. The highest BCUT2D eigenvalue weighted by Crippen LogP contribution is 2.27. The van der Waals surface area contributed by atoms with E-state index in [1.54, 1.807) is 36.4 Å². The molecule has 0 spiro atoms. The molecule has 0 aliphatic heterocycles. The van der Waals surface area contributed by atoms with Crippen LogP contribution in [0.5, 0.6) is 23.0 Å². The molecule has 0 aliphatic carbocycles. The molecule has 2 rings (SSSR count). The maximum absolute atomic E-state index is 11.9. The van der Waals surface area contributed by atoms with E-state index in [4.69, 9.17) is 14.6 Å². The molecule has 0 fully saturated rings. The lowest BCUT2D eigenvalue weighted by molar-refractivity contribution is -0.873. The quantitative estimate of drug-likeness (QED) is 0.211. The van der Waals surface area contributed by atoms with Gasteiger partial charge in [-0.2, -0.15) is 0 Å². The van der Waals surface area contributed by atoms with E-state index in [-0.39, 0.29) is 35.9 Å². The van der Waals surface area contributed by atoms with Crippen molar-refractivity contribution < 1.29 is 48.8 Å². The standard InChI is InChI=1S/C21H20O6.C7H15NO3/c1-26-20-11-14(5-9-18(20)24)3-7-16(22)13-17(23)8-4-15-6-10-19(25)21(12-15)27-2;1-8(2,3)5-6(9)4-7(10)11/h3-12,24-25H,13H2,1-2H3;6,9H,4-5H2,1-3H3/b7-3+,8-4+;. The van der Waals surface area contributed by atoms with Crippen molar-refractivity contribution in [3.05, 3.63) is 59.7 Å². The highest BCUT2D eigenvalue weighted by atomic mass is 16.5. The van der Waals surface area contributed by atoms with E-state index in [1.807, 2.05) is 21.1 Å². The number of phenolic OH excluding ortho intramolecular Hbond substituents is 2. The van der Waals surface area contributed by atoms with E-state index in [2.05, 4.69) is 0 Å². The molecular weight excluding hydrogens is 494 g/mol. The Morgan fingerprint density at radius 1 is 0.868 bits per heavy atom. The molecule has 0 saturated heterocycles. The number of aliphatic carboxylic acids is 1. The van der Waals surface area contributed by atoms with Gasteiger partial charge < -0.3 is 39.2 Å². The van der Waals surface area contributed by atoms with Gasteiger partial charge in [0.2, 0.25) is 0 Å². The van der Waals surface area contributed by atoms with Crippen molar-refractivity contribution >= 4 is 29.7 Å². The van der Waals surface area contributed by atoms with Gasteiger partial charge in [-0.1, -0.05) is 24.3 Å². The van der Waals surface area contributed by atoms with Crippen molar-refractivity contribution in [1.82, 2.24) is 0 Å². The van der Waals surface area contributed by atoms with Crippen LogP contribution in [0, 0.1) is 0 Å². The molecule has 0 saturated carbocycles. The number of ether oxygens (including phenoxy) is 2. The van der Waals surface area contributed by atoms with Crippen LogP contribution in [-0.2, 0) is 14.4 Å². The minimum atomic E-state index is -1.20. The first-order valence-corrected chi connectivity index (χ1v) is 11.6. The number of rotatable bonds is 12. The molecule has 10 heteroatoms. The number of carboxylic acids is 1. The zero-order valence-electron chi connectivity index (χ0n) is 22.2. The van der Waals surface area contributed by atoms with Crippen molar-refractivity contribution in [3.8, 4) is 23.0 Å². The van der Waals surface area contributed by atoms with Crippen LogP contribution < -0.4 is 14.6 Å². The van der Waals surface area contributed by atoms with Crippen molar-refractivity contribution in [1.29, 1.82) is 0 Å². The number of carboxylic acid groups (broad SMARTS) is 1. The maximum atomic E-state index is 11.9. The van der Waals surface area contributed by atoms with Crippen molar-refractivity contribution in [3.63, 3.8) is 0 Å². The molecule has 0 aliphatic rings. The van der Waals surface area contributed by atoms with Gasteiger partial charge >= 0.3 is 0 Å². The van der Waals surface area contributed by atoms with Gasteiger partial charge in [-0.15, -0.1) is 0 Å². The predicted molar refractivity (Wildman–Crippen MR) is 141 cm³/mol. The molecule has 3 N–H and O–H groups in total. The first-order valence-electron chi connectivity index (χ1n) is 11.6. The number of aliphatic hydroxyl groups is 1. The second-order valence-corrected chi connectivity index (χ2v) is 9.34. The van der Waals surface area contributed by atoms with Crippen LogP contribution in [0.2, 0.25) is 0 Å². The fourth-order valence-corrected chi connectivity index (χ4v) is 3.15. The Morgan fingerprint density at radius 2 is 1.29 bits per heavy atom. The lowest BCUT2D eigenvalue weighted by Crippen LogP contribution is -2.43. The molecule has 1 unspecified atom stereocenters. The Hall–Kier alpha value is -4.15. The van der Waals surface area contributed by atoms with Gasteiger partial charge in [0, 0.05) is 12.4 Å². The van der Waals surface area contributed by atoms with Gasteiger partial charge in [0.1, 0.15) is 12.6 Å². The average molecular weight is 530 g/mol. The number of aliphatic hydroxyl groups excluding tert-OH is 1. The zero-order chi connectivity index (χ0) is 28.9. The van der Waals surface area contributed by atoms with Crippen molar-refractivity contribution in [2.45, 2.75) is 18.9 Å². The highest BCUT2D eigenvalue weighted by Gasteiger charge is 2.15. The van der Waals surface area contributed by atoms with E-state index < -0.39 is 12.1 Å². The summed E-state index contributed by atoms with van der Waals surface area (Å²) in [5.74, 6) is -1.29. The number of carbonyl (C=O) groups is 3. The lowest BCUT2D eigenvalue weighted by Gasteiger charge is -2.26. The summed E-state index contributed by atoms with van der Waals surface area (Å²) < 4.78 is 10.5. The first-order chi connectivity index (χ1) is 17.7. The molecule has 0 amide bonds. The smallest absolute Gasteiger partial charge is 0.163 e. The SMILES string of the molecule is COc1cc(/C=C/C(=O)CC(=O)/C=C/c2ccc(O)c(OC)c2)ccc1O.C[N+](C)(C)CC(O)CC(=O)[O-]. The van der Waals surface area contributed by atoms with Gasteiger partial charge in [-0.3, -0.25) is 9.59 Å². The predicted octanol–water partition coefficient (Wildman–Crippen LogP) is 1.56. The van der Waals surface area contributed by atoms with Crippen LogP contribution in [0.15, 0.2) is 48.6 Å². The molecule has 38 heavy (non-hydrogen) atoms. The minimum Gasteiger partial charge on any atom is -0.550 e. The van der Waals surface area contributed by atoms with E-state index in [0.29, 0.717) is 33.7 Å². The van der Waals surface area contributed by atoms with E-state index >= 15 is 0 Å². The van der Waals surface area contributed by atoms with Gasteiger partial charge in [0.05, 0.1) is 41.8 Å². The van der Waals surface area contributed by atoms with Crippen LogP contribution in [-0.4, -0.2) is 85.3 Å². The number of carbonyl (C=O) groups excluding carboxylic acids is 3. The second kappa shape index (κ2) is 15.2. The molecule has 10 nitrogen and oxygen atoms in total. The van der Waals surface area contributed by atoms with Crippen molar-refractivity contribution in [2.24, 2.45) is 0 Å². The van der Waals surface area contributed by atoms with Gasteiger partial charge in [-0.25, -0.2) is 0 Å². The average Bonchev–Trinajstić information content (AvgIpc) is 2.81. The Balaban J connectivity index is 0.000000554. The molecule has 0 aromatic heterocycles. The Morgan fingerprint density at radius 3 is 1.63 bits per heavy atom. The molecule has 0 heterocycles. The Kier molecular flexibility index (Phi) is 12.7.